The molecule has 2 aromatic heterocycles. The highest BCUT2D eigenvalue weighted by molar-refractivity contribution is 6.29. The minimum Gasteiger partial charge on any atom is -0.378 e. The van der Waals surface area contributed by atoms with Crippen LogP contribution in [0.3, 0.4) is 0 Å². The molecule has 0 saturated carbocycles. The van der Waals surface area contributed by atoms with E-state index in [2.05, 4.69) is 25.1 Å². The number of urea groups is 1. The summed E-state index contributed by atoms with van der Waals surface area (Å²) in [6.07, 6.45) is 4.03. The number of hydrogen-bond acceptors (Lipinski definition) is 8. The molecule has 33 heavy (non-hydrogen) atoms. The number of carbonyl (C=O) groups excluding carboxylic acids is 1. The highest BCUT2D eigenvalue weighted by Crippen LogP contribution is 2.31. The molecule has 2 aliphatic heterocycles. The van der Waals surface area contributed by atoms with E-state index in [0.29, 0.717) is 36.4 Å². The first-order valence-electron chi connectivity index (χ1n) is 10.7. The van der Waals surface area contributed by atoms with Crippen LogP contribution in [0.25, 0.3) is 11.4 Å². The van der Waals surface area contributed by atoms with Gasteiger partial charge >= 0.3 is 6.03 Å². The minimum atomic E-state index is -0.605. The lowest BCUT2D eigenvalue weighted by Gasteiger charge is -2.34. The first-order chi connectivity index (χ1) is 16.1. The van der Waals surface area contributed by atoms with Gasteiger partial charge in [0.15, 0.2) is 5.82 Å². The van der Waals surface area contributed by atoms with Crippen molar-refractivity contribution in [1.82, 2.24) is 19.9 Å². The number of carbonyl (C=O) groups is 1. The van der Waals surface area contributed by atoms with Gasteiger partial charge in [-0.05, 0) is 30.7 Å². The van der Waals surface area contributed by atoms with E-state index in [1.165, 1.54) is 6.20 Å². The summed E-state index contributed by atoms with van der Waals surface area (Å²) in [6, 6.07) is 6.71. The van der Waals surface area contributed by atoms with Gasteiger partial charge in [-0.25, -0.2) is 19.7 Å². The molecule has 3 aromatic rings. The van der Waals surface area contributed by atoms with E-state index in [9.17, 15) is 4.79 Å². The Morgan fingerprint density at radius 2 is 1.82 bits per heavy atom. The van der Waals surface area contributed by atoms with Crippen molar-refractivity contribution in [2.24, 2.45) is 5.73 Å². The summed E-state index contributed by atoms with van der Waals surface area (Å²) >= 11 is 6.06. The molecule has 11 heteroatoms. The van der Waals surface area contributed by atoms with Gasteiger partial charge < -0.3 is 25.6 Å². The highest BCUT2D eigenvalue weighted by Gasteiger charge is 2.27. The van der Waals surface area contributed by atoms with E-state index in [0.717, 1.165) is 54.5 Å². The molecule has 0 spiro atoms. The summed E-state index contributed by atoms with van der Waals surface area (Å²) in [5, 5.41) is 2.93. The Hall–Kier alpha value is -3.50. The van der Waals surface area contributed by atoms with Crippen molar-refractivity contribution in [3.63, 3.8) is 0 Å². The van der Waals surface area contributed by atoms with Crippen LogP contribution in [0.15, 0.2) is 36.7 Å². The molecular formula is C22H23ClN8O2. The minimum absolute atomic E-state index is 0.361. The van der Waals surface area contributed by atoms with E-state index >= 15 is 0 Å². The van der Waals surface area contributed by atoms with E-state index < -0.39 is 6.03 Å². The quantitative estimate of drug-likeness (QED) is 0.601. The Bertz CT molecular complexity index is 1170. The molecule has 0 aliphatic carbocycles. The Kier molecular flexibility index (Phi) is 5.93. The molecular weight excluding hydrogens is 444 g/mol. The zero-order chi connectivity index (χ0) is 22.8. The molecule has 2 aliphatic rings. The van der Waals surface area contributed by atoms with Gasteiger partial charge in [0.05, 0.1) is 37.8 Å². The maximum atomic E-state index is 11.1. The Morgan fingerprint density at radius 1 is 1.03 bits per heavy atom. The van der Waals surface area contributed by atoms with Gasteiger partial charge in [0.25, 0.3) is 0 Å². The molecule has 0 bridgehead atoms. The first-order valence-corrected chi connectivity index (χ1v) is 11.1. The Morgan fingerprint density at radius 3 is 2.55 bits per heavy atom. The second-order valence-corrected chi connectivity index (χ2v) is 8.22. The smallest absolute Gasteiger partial charge is 0.316 e. The number of benzene rings is 1. The molecule has 3 N–H and O–H groups in total. The van der Waals surface area contributed by atoms with Gasteiger partial charge in [-0.2, -0.15) is 0 Å². The molecule has 2 amide bonds. The highest BCUT2D eigenvalue weighted by atomic mass is 35.5. The number of nitrogens with zero attached hydrogens (tertiary/aromatic N) is 6. The normalized spacial score (nSPS) is 15.8. The summed E-state index contributed by atoms with van der Waals surface area (Å²) in [4.78, 5) is 34.0. The predicted octanol–water partition coefficient (Wildman–Crippen LogP) is 2.48. The van der Waals surface area contributed by atoms with Gasteiger partial charge in [-0.1, -0.05) is 11.6 Å². The molecule has 0 atom stereocenters. The third-order valence-electron chi connectivity index (χ3n) is 5.68. The van der Waals surface area contributed by atoms with E-state index in [4.69, 9.17) is 32.0 Å². The lowest BCUT2D eigenvalue weighted by Crippen LogP contribution is -2.39. The van der Waals surface area contributed by atoms with Crippen LogP contribution in [0, 0.1) is 0 Å². The maximum absolute atomic E-state index is 11.1. The number of hydrogen-bond donors (Lipinski definition) is 2. The number of morpholine rings is 1. The molecule has 4 heterocycles. The molecule has 1 aromatic carbocycles. The Labute approximate surface area is 195 Å². The number of primary amides is 1. The summed E-state index contributed by atoms with van der Waals surface area (Å²) in [5.41, 5.74) is 8.78. The van der Waals surface area contributed by atoms with E-state index in [1.807, 2.05) is 12.1 Å². The zero-order valence-corrected chi connectivity index (χ0v) is 18.6. The molecule has 10 nitrogen and oxygen atoms in total. The monoisotopic (exact) mass is 466 g/mol. The third kappa shape index (κ3) is 4.67. The van der Waals surface area contributed by atoms with Crippen LogP contribution in [0.2, 0.25) is 5.15 Å². The van der Waals surface area contributed by atoms with Crippen LogP contribution in [0.4, 0.5) is 22.1 Å². The number of fused-ring (bicyclic) bond motifs is 1. The summed E-state index contributed by atoms with van der Waals surface area (Å²) in [6.45, 7) is 4.27. The number of amides is 2. The van der Waals surface area contributed by atoms with Crippen molar-refractivity contribution >= 4 is 35.0 Å². The number of ether oxygens (including phenoxy) is 1. The average molecular weight is 467 g/mol. The SMILES string of the molecule is NC(=O)Nc1ccc(-c2nc3c(c(N4CCOCC4)n2)CCN(c2cncc(Cl)n2)C3)cc1. The fourth-order valence-corrected chi connectivity index (χ4v) is 4.24. The second kappa shape index (κ2) is 9.16. The number of nitrogens with one attached hydrogen (secondary N) is 1. The van der Waals surface area contributed by atoms with Crippen molar-refractivity contribution in [1.29, 1.82) is 0 Å². The molecule has 1 saturated heterocycles. The number of aromatic nitrogens is 4. The topological polar surface area (TPSA) is 122 Å². The largest absolute Gasteiger partial charge is 0.378 e. The summed E-state index contributed by atoms with van der Waals surface area (Å²) in [5.74, 6) is 2.30. The molecule has 170 valence electrons. The van der Waals surface area contributed by atoms with Crippen molar-refractivity contribution in [3.05, 3.63) is 53.1 Å². The van der Waals surface area contributed by atoms with Crippen molar-refractivity contribution < 1.29 is 9.53 Å². The van der Waals surface area contributed by atoms with Crippen molar-refractivity contribution in [2.75, 3.05) is 48.0 Å². The van der Waals surface area contributed by atoms with Crippen LogP contribution in [-0.2, 0) is 17.7 Å². The van der Waals surface area contributed by atoms with Crippen molar-refractivity contribution in [3.8, 4) is 11.4 Å². The number of halogens is 1. The molecule has 0 unspecified atom stereocenters. The van der Waals surface area contributed by atoms with Gasteiger partial charge in [0.1, 0.15) is 16.8 Å². The lowest BCUT2D eigenvalue weighted by atomic mass is 10.0. The molecule has 0 radical (unpaired) electrons. The number of nitrogens with two attached hydrogens (primary N) is 1. The summed E-state index contributed by atoms with van der Waals surface area (Å²) in [7, 11) is 0. The Balaban J connectivity index is 1.52. The van der Waals surface area contributed by atoms with Crippen molar-refractivity contribution in [2.45, 2.75) is 13.0 Å². The van der Waals surface area contributed by atoms with Crippen LogP contribution in [0.1, 0.15) is 11.3 Å². The van der Waals surface area contributed by atoms with Crippen LogP contribution < -0.4 is 20.9 Å². The van der Waals surface area contributed by atoms with Gasteiger partial charge in [-0.3, -0.25) is 4.98 Å². The van der Waals surface area contributed by atoms with E-state index in [1.54, 1.807) is 18.3 Å². The standard InChI is InChI=1S/C22H23ClN8O2/c23-18-11-25-12-19(28-18)31-6-5-16-17(13-31)27-20(29-21(16)30-7-9-33-10-8-30)14-1-3-15(4-2-14)26-22(24)32/h1-4,11-12H,5-10,13H2,(H3,24,26,32). The van der Waals surface area contributed by atoms with Gasteiger partial charge in [0, 0.05) is 36.4 Å². The van der Waals surface area contributed by atoms with Crippen LogP contribution >= 0.6 is 11.6 Å². The second-order valence-electron chi connectivity index (χ2n) is 7.83. The summed E-state index contributed by atoms with van der Waals surface area (Å²) < 4.78 is 5.55. The lowest BCUT2D eigenvalue weighted by molar-refractivity contribution is 0.122. The van der Waals surface area contributed by atoms with Crippen LogP contribution in [0.5, 0.6) is 0 Å². The van der Waals surface area contributed by atoms with Gasteiger partial charge in [0.2, 0.25) is 0 Å². The number of rotatable bonds is 4. The predicted molar refractivity (Wildman–Crippen MR) is 126 cm³/mol. The fourth-order valence-electron chi connectivity index (χ4n) is 4.10. The third-order valence-corrected chi connectivity index (χ3v) is 5.86. The maximum Gasteiger partial charge on any atom is 0.316 e. The average Bonchev–Trinajstić information content (AvgIpc) is 2.83. The molecule has 5 rings (SSSR count). The van der Waals surface area contributed by atoms with E-state index in [-0.39, 0.29) is 0 Å². The van der Waals surface area contributed by atoms with Gasteiger partial charge in [-0.15, -0.1) is 0 Å². The fraction of sp³-hybridized carbons (Fsp3) is 0.318. The number of anilines is 3. The molecule has 1 fully saturated rings. The zero-order valence-electron chi connectivity index (χ0n) is 17.9. The van der Waals surface area contributed by atoms with Crippen LogP contribution in [-0.4, -0.2) is 58.8 Å². The first kappa shape index (κ1) is 21.4.